The van der Waals surface area contributed by atoms with Crippen LogP contribution in [0.3, 0.4) is 0 Å². The van der Waals surface area contributed by atoms with Gasteiger partial charge in [-0.15, -0.1) is 0 Å². The maximum absolute atomic E-state index is 13.8. The zero-order valence-corrected chi connectivity index (χ0v) is 12.7. The zero-order chi connectivity index (χ0) is 15.2. The van der Waals surface area contributed by atoms with Gasteiger partial charge in [-0.05, 0) is 44.2 Å². The normalized spacial score (nSPS) is 19.4. The Labute approximate surface area is 125 Å². The molecule has 0 spiro atoms. The number of nitrogens with two attached hydrogens (primary N) is 1. The average molecular weight is 297 g/mol. The molecule has 0 aromatic heterocycles. The van der Waals surface area contributed by atoms with Gasteiger partial charge >= 0.3 is 0 Å². The Kier molecular flexibility index (Phi) is 6.12. The Morgan fingerprint density at radius 2 is 1.81 bits per heavy atom. The Morgan fingerprint density at radius 3 is 2.38 bits per heavy atom. The van der Waals surface area contributed by atoms with Crippen LogP contribution in [0.25, 0.3) is 0 Å². The number of hydrogen-bond acceptors (Lipinski definition) is 2. The highest BCUT2D eigenvalue weighted by Crippen LogP contribution is 2.30. The van der Waals surface area contributed by atoms with Crippen LogP contribution >= 0.6 is 0 Å². The fourth-order valence-electron chi connectivity index (χ4n) is 3.34. The summed E-state index contributed by atoms with van der Waals surface area (Å²) in [5.41, 5.74) is 6.32. The third-order valence-corrected chi connectivity index (χ3v) is 4.40. The van der Waals surface area contributed by atoms with Gasteiger partial charge in [-0.25, -0.2) is 8.78 Å². The third kappa shape index (κ3) is 4.24. The quantitative estimate of drug-likeness (QED) is 0.866. The molecule has 1 aromatic rings. The molecule has 0 radical (unpaired) electrons. The number of hydrogen-bond donors (Lipinski definition) is 1. The van der Waals surface area contributed by atoms with E-state index in [1.807, 2.05) is 6.92 Å². The average Bonchev–Trinajstić information content (AvgIpc) is 2.49. The summed E-state index contributed by atoms with van der Waals surface area (Å²) in [6.07, 6.45) is 5.89. The number of benzene rings is 1. The minimum Gasteiger partial charge on any atom is -0.377 e. The van der Waals surface area contributed by atoms with Crippen molar-refractivity contribution in [3.63, 3.8) is 0 Å². The molecule has 1 aliphatic rings. The second-order valence-corrected chi connectivity index (χ2v) is 5.89. The second-order valence-electron chi connectivity index (χ2n) is 5.89. The van der Waals surface area contributed by atoms with Gasteiger partial charge in [0.1, 0.15) is 11.6 Å². The molecule has 1 saturated carbocycles. The largest absolute Gasteiger partial charge is 0.377 e. The van der Waals surface area contributed by atoms with Crippen LogP contribution in [0.2, 0.25) is 0 Å². The van der Waals surface area contributed by atoms with Crippen molar-refractivity contribution >= 4 is 0 Å². The molecule has 2 nitrogen and oxygen atoms in total. The van der Waals surface area contributed by atoms with E-state index < -0.39 is 11.6 Å². The third-order valence-electron chi connectivity index (χ3n) is 4.40. The molecule has 0 bridgehead atoms. The molecule has 1 aromatic carbocycles. The molecule has 118 valence electrons. The summed E-state index contributed by atoms with van der Waals surface area (Å²) in [5.74, 6) is -0.641. The molecule has 1 aliphatic carbocycles. The van der Waals surface area contributed by atoms with Crippen LogP contribution < -0.4 is 5.73 Å². The van der Waals surface area contributed by atoms with E-state index in [1.165, 1.54) is 37.5 Å². The highest BCUT2D eigenvalue weighted by atomic mass is 19.1. The predicted octanol–water partition coefficient (Wildman–Crippen LogP) is 3.82. The smallest absolute Gasteiger partial charge is 0.129 e. The van der Waals surface area contributed by atoms with E-state index in [2.05, 4.69) is 0 Å². The van der Waals surface area contributed by atoms with E-state index in [4.69, 9.17) is 10.5 Å². The van der Waals surface area contributed by atoms with Gasteiger partial charge in [0.25, 0.3) is 0 Å². The molecule has 2 N–H and O–H groups in total. The fourth-order valence-corrected chi connectivity index (χ4v) is 3.34. The Bertz CT molecular complexity index is 426. The first-order chi connectivity index (χ1) is 10.1. The van der Waals surface area contributed by atoms with Crippen LogP contribution in [0.5, 0.6) is 0 Å². The lowest BCUT2D eigenvalue weighted by molar-refractivity contribution is -0.00939. The van der Waals surface area contributed by atoms with E-state index in [0.29, 0.717) is 12.5 Å². The van der Waals surface area contributed by atoms with Crippen LogP contribution in [-0.2, 0) is 11.2 Å². The zero-order valence-electron chi connectivity index (χ0n) is 12.7. The van der Waals surface area contributed by atoms with Crippen molar-refractivity contribution in [3.8, 4) is 0 Å². The van der Waals surface area contributed by atoms with Gasteiger partial charge in [0.15, 0.2) is 0 Å². The highest BCUT2D eigenvalue weighted by Gasteiger charge is 2.30. The van der Waals surface area contributed by atoms with Gasteiger partial charge in [0.2, 0.25) is 0 Å². The Morgan fingerprint density at radius 1 is 1.19 bits per heavy atom. The van der Waals surface area contributed by atoms with Crippen molar-refractivity contribution in [1.82, 2.24) is 0 Å². The first kappa shape index (κ1) is 16.4. The molecule has 0 aliphatic heterocycles. The Balaban J connectivity index is 2.09. The predicted molar refractivity (Wildman–Crippen MR) is 80.0 cm³/mol. The van der Waals surface area contributed by atoms with Crippen molar-refractivity contribution in [1.29, 1.82) is 0 Å². The SMILES string of the molecule is CCOC(C(N)Cc1c(F)cccc1F)C1CCCCC1. The summed E-state index contributed by atoms with van der Waals surface area (Å²) in [5, 5.41) is 0. The van der Waals surface area contributed by atoms with Crippen LogP contribution in [0.1, 0.15) is 44.6 Å². The van der Waals surface area contributed by atoms with Crippen LogP contribution in [-0.4, -0.2) is 18.8 Å². The number of halogens is 2. The molecule has 1 fully saturated rings. The molecule has 21 heavy (non-hydrogen) atoms. The molecule has 0 amide bonds. The van der Waals surface area contributed by atoms with E-state index >= 15 is 0 Å². The van der Waals surface area contributed by atoms with Crippen molar-refractivity contribution in [2.75, 3.05) is 6.61 Å². The minimum absolute atomic E-state index is 0.0745. The Hall–Kier alpha value is -1.00. The molecular weight excluding hydrogens is 272 g/mol. The molecule has 2 atom stereocenters. The summed E-state index contributed by atoms with van der Waals surface area (Å²) < 4.78 is 33.4. The summed E-state index contributed by atoms with van der Waals surface area (Å²) >= 11 is 0. The topological polar surface area (TPSA) is 35.2 Å². The van der Waals surface area contributed by atoms with Crippen LogP contribution in [0.4, 0.5) is 8.78 Å². The van der Waals surface area contributed by atoms with Crippen molar-refractivity contribution in [2.45, 2.75) is 57.6 Å². The second kappa shape index (κ2) is 7.85. The van der Waals surface area contributed by atoms with Crippen molar-refractivity contribution in [2.24, 2.45) is 11.7 Å². The molecule has 4 heteroatoms. The minimum atomic E-state index is -0.524. The van der Waals surface area contributed by atoms with Gasteiger partial charge in [-0.2, -0.15) is 0 Å². The summed E-state index contributed by atoms with van der Waals surface area (Å²) in [6, 6.07) is 3.56. The lowest BCUT2D eigenvalue weighted by Crippen LogP contribution is -2.44. The van der Waals surface area contributed by atoms with E-state index in [0.717, 1.165) is 12.8 Å². The van der Waals surface area contributed by atoms with Crippen LogP contribution in [0.15, 0.2) is 18.2 Å². The summed E-state index contributed by atoms with van der Waals surface area (Å²) in [6.45, 7) is 2.51. The van der Waals surface area contributed by atoms with Gasteiger partial charge < -0.3 is 10.5 Å². The summed E-state index contributed by atoms with van der Waals surface area (Å²) in [4.78, 5) is 0. The molecule has 2 rings (SSSR count). The van der Waals surface area contributed by atoms with Gasteiger partial charge in [0, 0.05) is 18.2 Å². The van der Waals surface area contributed by atoms with Crippen molar-refractivity contribution in [3.05, 3.63) is 35.4 Å². The maximum atomic E-state index is 13.8. The molecule has 2 unspecified atom stereocenters. The van der Waals surface area contributed by atoms with E-state index in [-0.39, 0.29) is 24.1 Å². The van der Waals surface area contributed by atoms with Crippen LogP contribution in [0, 0.1) is 17.6 Å². The molecule has 0 heterocycles. The lowest BCUT2D eigenvalue weighted by atomic mass is 9.81. The van der Waals surface area contributed by atoms with E-state index in [1.54, 1.807) is 0 Å². The van der Waals surface area contributed by atoms with Gasteiger partial charge in [-0.1, -0.05) is 25.3 Å². The first-order valence-electron chi connectivity index (χ1n) is 7.93. The van der Waals surface area contributed by atoms with E-state index in [9.17, 15) is 8.78 Å². The summed E-state index contributed by atoms with van der Waals surface area (Å²) in [7, 11) is 0. The molecular formula is C17H25F2NO. The number of ether oxygens (including phenoxy) is 1. The molecule has 0 saturated heterocycles. The van der Waals surface area contributed by atoms with Gasteiger partial charge in [0.05, 0.1) is 6.10 Å². The standard InChI is InChI=1S/C17H25F2NO/c1-2-21-17(12-7-4-3-5-8-12)16(20)11-13-14(18)9-6-10-15(13)19/h6,9-10,12,16-17H,2-5,7-8,11,20H2,1H3. The highest BCUT2D eigenvalue weighted by molar-refractivity contribution is 5.21. The monoisotopic (exact) mass is 297 g/mol. The fraction of sp³-hybridized carbons (Fsp3) is 0.647. The lowest BCUT2D eigenvalue weighted by Gasteiger charge is -2.34. The van der Waals surface area contributed by atoms with Crippen molar-refractivity contribution < 1.29 is 13.5 Å². The maximum Gasteiger partial charge on any atom is 0.129 e. The van der Waals surface area contributed by atoms with Gasteiger partial charge in [-0.3, -0.25) is 0 Å². The first-order valence-corrected chi connectivity index (χ1v) is 7.93. The number of rotatable bonds is 6.